The molecule has 0 bridgehead atoms. The molecule has 1 aromatic rings. The van der Waals surface area contributed by atoms with Crippen molar-refractivity contribution in [3.8, 4) is 5.75 Å². The first kappa shape index (κ1) is 13.7. The highest BCUT2D eigenvalue weighted by atomic mass is 16.5. The lowest BCUT2D eigenvalue weighted by Crippen LogP contribution is -2.42. The van der Waals surface area contributed by atoms with Crippen molar-refractivity contribution in [1.29, 1.82) is 0 Å². The van der Waals surface area contributed by atoms with Gasteiger partial charge in [-0.15, -0.1) is 0 Å². The number of nitrogens with one attached hydrogen (secondary N) is 2. The summed E-state index contributed by atoms with van der Waals surface area (Å²) in [7, 11) is 1.64. The van der Waals surface area contributed by atoms with Crippen molar-refractivity contribution in [1.82, 2.24) is 10.6 Å². The Hall–Kier alpha value is -1.71. The van der Waals surface area contributed by atoms with Crippen molar-refractivity contribution in [3.05, 3.63) is 29.8 Å². The normalized spacial score (nSPS) is 22.0. The maximum atomic E-state index is 11.9. The Morgan fingerprint density at radius 2 is 2.16 bits per heavy atom. The van der Waals surface area contributed by atoms with Gasteiger partial charge in [-0.3, -0.25) is 0 Å². The second kappa shape index (κ2) is 6.45. The third-order valence-corrected chi connectivity index (χ3v) is 3.81. The standard InChI is InChI=1S/C15H22N2O2/c1-11-6-5-8-13(11)17-15(18)16-10-12-7-3-4-9-14(12)19-2/h3-4,7,9,11,13H,5-6,8,10H2,1-2H3,(H2,16,17,18). The lowest BCUT2D eigenvalue weighted by atomic mass is 10.1. The molecular formula is C15H22N2O2. The Labute approximate surface area is 114 Å². The largest absolute Gasteiger partial charge is 0.496 e. The second-order valence-corrected chi connectivity index (χ2v) is 5.15. The number of amides is 2. The van der Waals surface area contributed by atoms with Gasteiger partial charge in [0.25, 0.3) is 0 Å². The summed E-state index contributed by atoms with van der Waals surface area (Å²) in [5, 5.41) is 5.94. The zero-order chi connectivity index (χ0) is 13.7. The predicted octanol–water partition coefficient (Wildman–Crippen LogP) is 2.68. The lowest BCUT2D eigenvalue weighted by Gasteiger charge is -2.18. The third-order valence-electron chi connectivity index (χ3n) is 3.81. The van der Waals surface area contributed by atoms with Crippen LogP contribution in [0.1, 0.15) is 31.7 Å². The summed E-state index contributed by atoms with van der Waals surface area (Å²) in [6.45, 7) is 2.68. The molecule has 104 valence electrons. The molecule has 0 heterocycles. The van der Waals surface area contributed by atoms with Crippen LogP contribution in [0.2, 0.25) is 0 Å². The van der Waals surface area contributed by atoms with Gasteiger partial charge in [0.05, 0.1) is 7.11 Å². The number of ether oxygens (including phenoxy) is 1. The number of urea groups is 1. The number of hydrogen-bond donors (Lipinski definition) is 2. The molecule has 0 aliphatic heterocycles. The van der Waals surface area contributed by atoms with E-state index in [1.54, 1.807) is 7.11 Å². The fourth-order valence-electron chi connectivity index (χ4n) is 2.60. The number of carbonyl (C=O) groups is 1. The van der Waals surface area contributed by atoms with E-state index >= 15 is 0 Å². The van der Waals surface area contributed by atoms with Gasteiger partial charge in [-0.05, 0) is 24.8 Å². The van der Waals surface area contributed by atoms with E-state index in [1.807, 2.05) is 24.3 Å². The number of methoxy groups -OCH3 is 1. The highest BCUT2D eigenvalue weighted by Gasteiger charge is 2.24. The van der Waals surface area contributed by atoms with Gasteiger partial charge < -0.3 is 15.4 Å². The van der Waals surface area contributed by atoms with E-state index in [2.05, 4.69) is 17.6 Å². The van der Waals surface area contributed by atoms with Gasteiger partial charge in [-0.25, -0.2) is 4.79 Å². The van der Waals surface area contributed by atoms with Crippen LogP contribution in [-0.2, 0) is 6.54 Å². The Bertz CT molecular complexity index is 434. The first-order chi connectivity index (χ1) is 9.20. The Morgan fingerprint density at radius 1 is 1.37 bits per heavy atom. The molecule has 1 saturated carbocycles. The molecule has 0 radical (unpaired) electrons. The van der Waals surface area contributed by atoms with Gasteiger partial charge in [0.15, 0.2) is 0 Å². The van der Waals surface area contributed by atoms with E-state index in [9.17, 15) is 4.79 Å². The Morgan fingerprint density at radius 3 is 2.84 bits per heavy atom. The van der Waals surface area contributed by atoms with Crippen molar-refractivity contribution < 1.29 is 9.53 Å². The van der Waals surface area contributed by atoms with Crippen LogP contribution in [0.5, 0.6) is 5.75 Å². The summed E-state index contributed by atoms with van der Waals surface area (Å²) in [6, 6.07) is 7.94. The summed E-state index contributed by atoms with van der Waals surface area (Å²) >= 11 is 0. The zero-order valence-corrected chi connectivity index (χ0v) is 11.6. The number of carbonyl (C=O) groups excluding carboxylic acids is 1. The van der Waals surface area contributed by atoms with Gasteiger partial charge in [0.2, 0.25) is 0 Å². The monoisotopic (exact) mass is 262 g/mol. The van der Waals surface area contributed by atoms with Gasteiger partial charge in [0, 0.05) is 18.2 Å². The van der Waals surface area contributed by atoms with E-state index in [-0.39, 0.29) is 6.03 Å². The molecule has 2 rings (SSSR count). The molecule has 1 fully saturated rings. The average molecular weight is 262 g/mol. The molecule has 2 atom stereocenters. The molecule has 2 unspecified atom stereocenters. The molecule has 0 saturated heterocycles. The summed E-state index contributed by atoms with van der Waals surface area (Å²) < 4.78 is 5.26. The summed E-state index contributed by atoms with van der Waals surface area (Å²) in [5.41, 5.74) is 0.986. The minimum Gasteiger partial charge on any atom is -0.496 e. The highest BCUT2D eigenvalue weighted by Crippen LogP contribution is 2.24. The molecule has 2 amide bonds. The second-order valence-electron chi connectivity index (χ2n) is 5.15. The van der Waals surface area contributed by atoms with E-state index in [1.165, 1.54) is 12.8 Å². The number of rotatable bonds is 4. The predicted molar refractivity (Wildman–Crippen MR) is 75.2 cm³/mol. The minimum atomic E-state index is -0.0929. The first-order valence-electron chi connectivity index (χ1n) is 6.87. The Kier molecular flexibility index (Phi) is 4.66. The van der Waals surface area contributed by atoms with Crippen molar-refractivity contribution in [2.75, 3.05) is 7.11 Å². The van der Waals surface area contributed by atoms with Crippen LogP contribution in [0.4, 0.5) is 4.79 Å². The average Bonchev–Trinajstić information content (AvgIpc) is 2.82. The van der Waals surface area contributed by atoms with Gasteiger partial charge in [-0.2, -0.15) is 0 Å². The molecule has 2 N–H and O–H groups in total. The molecule has 0 aromatic heterocycles. The molecule has 4 heteroatoms. The van der Waals surface area contributed by atoms with Crippen molar-refractivity contribution in [2.24, 2.45) is 5.92 Å². The maximum absolute atomic E-state index is 11.9. The van der Waals surface area contributed by atoms with E-state index in [0.717, 1.165) is 17.7 Å². The first-order valence-corrected chi connectivity index (χ1v) is 6.87. The maximum Gasteiger partial charge on any atom is 0.315 e. The molecule has 0 spiro atoms. The van der Waals surface area contributed by atoms with Crippen molar-refractivity contribution >= 4 is 6.03 Å². The zero-order valence-electron chi connectivity index (χ0n) is 11.6. The van der Waals surface area contributed by atoms with Crippen molar-refractivity contribution in [2.45, 2.75) is 38.8 Å². The fraction of sp³-hybridized carbons (Fsp3) is 0.533. The summed E-state index contributed by atoms with van der Waals surface area (Å²) in [4.78, 5) is 11.9. The smallest absolute Gasteiger partial charge is 0.315 e. The molecule has 4 nitrogen and oxygen atoms in total. The molecule has 1 aliphatic carbocycles. The molecule has 1 aromatic carbocycles. The number of hydrogen-bond acceptors (Lipinski definition) is 2. The quantitative estimate of drug-likeness (QED) is 0.876. The van der Waals surface area contributed by atoms with E-state index < -0.39 is 0 Å². The van der Waals surface area contributed by atoms with Crippen LogP contribution in [-0.4, -0.2) is 19.2 Å². The van der Waals surface area contributed by atoms with Gasteiger partial charge in [-0.1, -0.05) is 31.5 Å². The van der Waals surface area contributed by atoms with Crippen LogP contribution in [0.3, 0.4) is 0 Å². The molecule has 1 aliphatic rings. The minimum absolute atomic E-state index is 0.0929. The van der Waals surface area contributed by atoms with Crippen molar-refractivity contribution in [3.63, 3.8) is 0 Å². The van der Waals surface area contributed by atoms with Gasteiger partial charge in [0.1, 0.15) is 5.75 Å². The third kappa shape index (κ3) is 3.63. The summed E-state index contributed by atoms with van der Waals surface area (Å²) in [5.74, 6) is 1.38. The Balaban J connectivity index is 1.83. The summed E-state index contributed by atoms with van der Waals surface area (Å²) in [6.07, 6.45) is 3.50. The fourth-order valence-corrected chi connectivity index (χ4v) is 2.60. The van der Waals surface area contributed by atoms with E-state index in [4.69, 9.17) is 4.74 Å². The van der Waals surface area contributed by atoms with Crippen LogP contribution >= 0.6 is 0 Å². The highest BCUT2D eigenvalue weighted by molar-refractivity contribution is 5.74. The number of benzene rings is 1. The topological polar surface area (TPSA) is 50.4 Å². The van der Waals surface area contributed by atoms with Crippen LogP contribution < -0.4 is 15.4 Å². The van der Waals surface area contributed by atoms with Crippen LogP contribution in [0, 0.1) is 5.92 Å². The molecular weight excluding hydrogens is 240 g/mol. The van der Waals surface area contributed by atoms with Crippen LogP contribution in [0.25, 0.3) is 0 Å². The van der Waals surface area contributed by atoms with Crippen LogP contribution in [0.15, 0.2) is 24.3 Å². The lowest BCUT2D eigenvalue weighted by molar-refractivity contribution is 0.233. The number of para-hydroxylation sites is 1. The SMILES string of the molecule is COc1ccccc1CNC(=O)NC1CCCC1C. The van der Waals surface area contributed by atoms with Gasteiger partial charge >= 0.3 is 6.03 Å². The molecule has 19 heavy (non-hydrogen) atoms. The van der Waals surface area contributed by atoms with E-state index in [0.29, 0.717) is 18.5 Å².